The second kappa shape index (κ2) is 6.00. The molecule has 0 saturated carbocycles. The Balaban J connectivity index is 1.94. The number of hydrogen-bond acceptors (Lipinski definition) is 0. The van der Waals surface area contributed by atoms with E-state index in [0.717, 1.165) is 12.0 Å². The molecule has 0 aliphatic rings. The summed E-state index contributed by atoms with van der Waals surface area (Å²) in [6.07, 6.45) is 2.80. The van der Waals surface area contributed by atoms with Gasteiger partial charge in [0.2, 0.25) is 0 Å². The normalized spacial score (nSPS) is 11.5. The average molecular weight is 226 g/mol. The first kappa shape index (κ1) is 11.6. The summed E-state index contributed by atoms with van der Waals surface area (Å²) in [7, 11) is 0. The third-order valence-corrected chi connectivity index (χ3v) is 2.62. The predicted molar refractivity (Wildman–Crippen MR) is 70.3 cm³/mol. The van der Waals surface area contributed by atoms with Crippen molar-refractivity contribution in [3.8, 4) is 0 Å². The van der Waals surface area contributed by atoms with E-state index in [-0.39, 0.29) is 5.83 Å². The predicted octanol–water partition coefficient (Wildman–Crippen LogP) is 4.63. The van der Waals surface area contributed by atoms with Crippen molar-refractivity contribution >= 4 is 6.08 Å². The van der Waals surface area contributed by atoms with Gasteiger partial charge in [0.15, 0.2) is 0 Å². The van der Waals surface area contributed by atoms with Gasteiger partial charge >= 0.3 is 0 Å². The van der Waals surface area contributed by atoms with Crippen LogP contribution in [0.3, 0.4) is 0 Å². The Hall–Kier alpha value is -1.89. The van der Waals surface area contributed by atoms with Gasteiger partial charge in [-0.3, -0.25) is 0 Å². The first-order valence-electron chi connectivity index (χ1n) is 5.79. The second-order valence-electron chi connectivity index (χ2n) is 3.99. The van der Waals surface area contributed by atoms with Crippen LogP contribution in [0.2, 0.25) is 0 Å². The van der Waals surface area contributed by atoms with Crippen LogP contribution in [0.25, 0.3) is 6.08 Å². The zero-order chi connectivity index (χ0) is 11.9. The lowest BCUT2D eigenvalue weighted by molar-refractivity contribution is 0.596. The molecule has 1 heteroatoms. The Labute approximate surface area is 101 Å². The van der Waals surface area contributed by atoms with Crippen LogP contribution < -0.4 is 0 Å². The molecule has 0 spiro atoms. The number of halogens is 1. The van der Waals surface area contributed by atoms with Crippen LogP contribution in [0.15, 0.2) is 66.5 Å². The monoisotopic (exact) mass is 226 g/mol. The molecule has 0 amide bonds. The highest BCUT2D eigenvalue weighted by atomic mass is 19.1. The molecule has 0 radical (unpaired) electrons. The molecule has 0 aliphatic heterocycles. The molecule has 17 heavy (non-hydrogen) atoms. The van der Waals surface area contributed by atoms with Gasteiger partial charge in [0.25, 0.3) is 0 Å². The van der Waals surface area contributed by atoms with Crippen LogP contribution in [-0.4, -0.2) is 0 Å². The van der Waals surface area contributed by atoms with Crippen molar-refractivity contribution in [2.75, 3.05) is 0 Å². The number of hydrogen-bond donors (Lipinski definition) is 0. The Morgan fingerprint density at radius 2 is 1.47 bits per heavy atom. The molecule has 0 nitrogen and oxygen atoms in total. The maximum Gasteiger partial charge on any atom is 0.101 e. The molecule has 2 aromatic rings. The van der Waals surface area contributed by atoms with Gasteiger partial charge < -0.3 is 0 Å². The lowest BCUT2D eigenvalue weighted by Crippen LogP contribution is -1.85. The van der Waals surface area contributed by atoms with Crippen LogP contribution in [0.1, 0.15) is 17.5 Å². The summed E-state index contributed by atoms with van der Waals surface area (Å²) in [5, 5.41) is 0. The maximum absolute atomic E-state index is 13.6. The fraction of sp³-hybridized carbons (Fsp3) is 0.125. The van der Waals surface area contributed by atoms with Gasteiger partial charge in [0.05, 0.1) is 0 Å². The smallest absolute Gasteiger partial charge is 0.101 e. The van der Waals surface area contributed by atoms with Crippen LogP contribution in [0.4, 0.5) is 4.39 Å². The summed E-state index contributed by atoms with van der Waals surface area (Å²) < 4.78 is 13.6. The van der Waals surface area contributed by atoms with Crippen LogP contribution in [0.5, 0.6) is 0 Å². The van der Waals surface area contributed by atoms with Crippen molar-refractivity contribution in [1.82, 2.24) is 0 Å². The minimum atomic E-state index is -0.0694. The minimum absolute atomic E-state index is 0.0694. The highest BCUT2D eigenvalue weighted by molar-refractivity contribution is 5.50. The standard InChI is InChI=1S/C16H15F/c17-16(13-15-9-5-2-6-10-15)12-11-14-7-3-1-4-8-14/h1-10,13H,11-12H2/b16-13-. The molecule has 0 heterocycles. The molecule has 2 aromatic carbocycles. The van der Waals surface area contributed by atoms with E-state index in [1.54, 1.807) is 6.08 Å². The molecule has 0 bridgehead atoms. The molecule has 0 unspecified atom stereocenters. The molecule has 0 N–H and O–H groups in total. The minimum Gasteiger partial charge on any atom is -0.212 e. The summed E-state index contributed by atoms with van der Waals surface area (Å²) in [4.78, 5) is 0. The topological polar surface area (TPSA) is 0 Å². The van der Waals surface area contributed by atoms with Crippen LogP contribution in [-0.2, 0) is 6.42 Å². The summed E-state index contributed by atoms with van der Waals surface area (Å²) in [5.74, 6) is -0.0694. The Morgan fingerprint density at radius 3 is 2.12 bits per heavy atom. The van der Waals surface area contributed by atoms with E-state index < -0.39 is 0 Å². The highest BCUT2D eigenvalue weighted by Crippen LogP contribution is 2.14. The molecule has 0 aromatic heterocycles. The zero-order valence-corrected chi connectivity index (χ0v) is 9.64. The van der Waals surface area contributed by atoms with E-state index in [0.29, 0.717) is 6.42 Å². The number of rotatable bonds is 4. The van der Waals surface area contributed by atoms with Gasteiger partial charge in [-0.1, -0.05) is 60.7 Å². The lowest BCUT2D eigenvalue weighted by Gasteiger charge is -1.99. The number of aryl methyl sites for hydroxylation is 1. The van der Waals surface area contributed by atoms with E-state index in [1.807, 2.05) is 60.7 Å². The first-order chi connectivity index (χ1) is 8.34. The van der Waals surface area contributed by atoms with Gasteiger partial charge in [-0.2, -0.15) is 0 Å². The van der Waals surface area contributed by atoms with Crippen molar-refractivity contribution in [2.24, 2.45) is 0 Å². The molecular formula is C16H15F. The van der Waals surface area contributed by atoms with Gasteiger partial charge in [-0.15, -0.1) is 0 Å². The molecule has 0 saturated heterocycles. The first-order valence-corrected chi connectivity index (χ1v) is 5.79. The van der Waals surface area contributed by atoms with E-state index in [2.05, 4.69) is 0 Å². The lowest BCUT2D eigenvalue weighted by atomic mass is 10.1. The van der Waals surface area contributed by atoms with Gasteiger partial charge in [-0.05, 0) is 23.6 Å². The van der Waals surface area contributed by atoms with Gasteiger partial charge in [0, 0.05) is 6.42 Å². The van der Waals surface area contributed by atoms with E-state index in [9.17, 15) is 4.39 Å². The molecule has 86 valence electrons. The fourth-order valence-electron chi connectivity index (χ4n) is 1.71. The second-order valence-corrected chi connectivity index (χ2v) is 3.99. The van der Waals surface area contributed by atoms with Crippen molar-refractivity contribution in [3.05, 3.63) is 77.6 Å². The number of benzene rings is 2. The summed E-state index contributed by atoms with van der Waals surface area (Å²) in [5.41, 5.74) is 2.09. The van der Waals surface area contributed by atoms with E-state index in [1.165, 1.54) is 5.56 Å². The molecule has 2 rings (SSSR count). The average Bonchev–Trinajstić information content (AvgIpc) is 2.39. The molecular weight excluding hydrogens is 211 g/mol. The van der Waals surface area contributed by atoms with E-state index >= 15 is 0 Å². The highest BCUT2D eigenvalue weighted by Gasteiger charge is 1.97. The summed E-state index contributed by atoms with van der Waals surface area (Å²) in [6.45, 7) is 0. The Bertz CT molecular complexity index is 471. The quantitative estimate of drug-likeness (QED) is 0.713. The summed E-state index contributed by atoms with van der Waals surface area (Å²) >= 11 is 0. The Morgan fingerprint density at radius 1 is 0.882 bits per heavy atom. The zero-order valence-electron chi connectivity index (χ0n) is 9.64. The molecule has 0 aliphatic carbocycles. The van der Waals surface area contributed by atoms with Crippen LogP contribution in [0, 0.1) is 0 Å². The van der Waals surface area contributed by atoms with E-state index in [4.69, 9.17) is 0 Å². The van der Waals surface area contributed by atoms with Crippen molar-refractivity contribution < 1.29 is 4.39 Å². The Kier molecular flexibility index (Phi) is 4.09. The maximum atomic E-state index is 13.6. The third-order valence-electron chi connectivity index (χ3n) is 2.62. The summed E-state index contributed by atoms with van der Waals surface area (Å²) in [6, 6.07) is 19.5. The largest absolute Gasteiger partial charge is 0.212 e. The SMILES string of the molecule is F/C(=C\c1ccccc1)CCc1ccccc1. The van der Waals surface area contributed by atoms with Crippen molar-refractivity contribution in [2.45, 2.75) is 12.8 Å². The van der Waals surface area contributed by atoms with Crippen molar-refractivity contribution in [3.63, 3.8) is 0 Å². The van der Waals surface area contributed by atoms with Crippen LogP contribution >= 0.6 is 0 Å². The fourth-order valence-corrected chi connectivity index (χ4v) is 1.71. The molecule has 0 fully saturated rings. The number of allylic oxidation sites excluding steroid dienone is 1. The van der Waals surface area contributed by atoms with Crippen molar-refractivity contribution in [1.29, 1.82) is 0 Å². The van der Waals surface area contributed by atoms with Gasteiger partial charge in [0.1, 0.15) is 5.83 Å². The van der Waals surface area contributed by atoms with Gasteiger partial charge in [-0.25, -0.2) is 4.39 Å². The third kappa shape index (κ3) is 3.87. The molecule has 0 atom stereocenters.